The number of ether oxygens (including phenoxy) is 1. The molecule has 3 rings (SSSR count). The molecule has 0 saturated carbocycles. The standard InChI is InChI=1S/C18H18FN5O2/c1-23(11-14-5-3-4-6-16(14)26-2)17(25)12-24-21-18(20-22-24)13-7-9-15(19)10-8-13/h3-10H,11-12H2,1-2H3. The molecule has 0 unspecified atom stereocenters. The van der Waals surface area contributed by atoms with Gasteiger partial charge in [-0.05, 0) is 35.5 Å². The van der Waals surface area contributed by atoms with Gasteiger partial charge >= 0.3 is 0 Å². The highest BCUT2D eigenvalue weighted by molar-refractivity contribution is 5.75. The Hall–Kier alpha value is -3.29. The topological polar surface area (TPSA) is 73.1 Å². The number of methoxy groups -OCH3 is 1. The minimum absolute atomic E-state index is 0.0418. The van der Waals surface area contributed by atoms with E-state index >= 15 is 0 Å². The van der Waals surface area contributed by atoms with Gasteiger partial charge < -0.3 is 9.64 Å². The first kappa shape index (κ1) is 17.5. The molecule has 3 aromatic rings. The van der Waals surface area contributed by atoms with Crippen LogP contribution >= 0.6 is 0 Å². The van der Waals surface area contributed by atoms with Gasteiger partial charge in [0.05, 0.1) is 7.11 Å². The summed E-state index contributed by atoms with van der Waals surface area (Å²) in [6.45, 7) is 0.363. The Labute approximate surface area is 150 Å². The van der Waals surface area contributed by atoms with Crippen LogP contribution in [0, 0.1) is 5.82 Å². The Kier molecular flexibility index (Phi) is 5.21. The van der Waals surface area contributed by atoms with Crippen molar-refractivity contribution in [3.63, 3.8) is 0 Å². The third kappa shape index (κ3) is 4.02. The summed E-state index contributed by atoms with van der Waals surface area (Å²) in [6, 6.07) is 13.3. The molecule has 0 saturated heterocycles. The fraction of sp³-hybridized carbons (Fsp3) is 0.222. The van der Waals surface area contributed by atoms with Gasteiger partial charge in [-0.2, -0.15) is 4.80 Å². The van der Waals surface area contributed by atoms with E-state index in [1.807, 2.05) is 24.3 Å². The fourth-order valence-electron chi connectivity index (χ4n) is 2.44. The number of hydrogen-bond acceptors (Lipinski definition) is 5. The van der Waals surface area contributed by atoms with Crippen molar-refractivity contribution in [1.29, 1.82) is 0 Å². The second-order valence-electron chi connectivity index (χ2n) is 5.71. The minimum atomic E-state index is -0.339. The van der Waals surface area contributed by atoms with E-state index < -0.39 is 0 Å². The smallest absolute Gasteiger partial charge is 0.246 e. The Morgan fingerprint density at radius 1 is 1.19 bits per heavy atom. The summed E-state index contributed by atoms with van der Waals surface area (Å²) < 4.78 is 18.3. The lowest BCUT2D eigenvalue weighted by Gasteiger charge is -2.18. The first-order valence-corrected chi connectivity index (χ1v) is 7.96. The second kappa shape index (κ2) is 7.73. The summed E-state index contributed by atoms with van der Waals surface area (Å²) in [5.74, 6) is 0.558. The molecule has 7 nitrogen and oxygen atoms in total. The van der Waals surface area contributed by atoms with Gasteiger partial charge in [-0.15, -0.1) is 10.2 Å². The van der Waals surface area contributed by atoms with Crippen LogP contribution in [0.3, 0.4) is 0 Å². The fourth-order valence-corrected chi connectivity index (χ4v) is 2.44. The molecule has 0 aliphatic carbocycles. The van der Waals surface area contributed by atoms with Crippen molar-refractivity contribution < 1.29 is 13.9 Å². The van der Waals surface area contributed by atoms with Gasteiger partial charge in [0.2, 0.25) is 11.7 Å². The lowest BCUT2D eigenvalue weighted by Crippen LogP contribution is -2.30. The molecular weight excluding hydrogens is 337 g/mol. The summed E-state index contributed by atoms with van der Waals surface area (Å²) in [7, 11) is 3.30. The molecule has 0 spiro atoms. The minimum Gasteiger partial charge on any atom is -0.496 e. The third-order valence-electron chi connectivity index (χ3n) is 3.86. The molecule has 0 aliphatic heterocycles. The number of rotatable bonds is 6. The van der Waals surface area contributed by atoms with Gasteiger partial charge in [0.25, 0.3) is 0 Å². The van der Waals surface area contributed by atoms with Crippen LogP contribution in [0.2, 0.25) is 0 Å². The van der Waals surface area contributed by atoms with Crippen molar-refractivity contribution in [3.05, 3.63) is 59.9 Å². The molecule has 0 N–H and O–H groups in total. The van der Waals surface area contributed by atoms with Crippen LogP contribution in [0.1, 0.15) is 5.56 Å². The van der Waals surface area contributed by atoms with E-state index in [2.05, 4.69) is 15.4 Å². The number of hydrogen-bond donors (Lipinski definition) is 0. The highest BCUT2D eigenvalue weighted by atomic mass is 19.1. The number of aromatic nitrogens is 4. The van der Waals surface area contributed by atoms with Crippen LogP contribution in [-0.4, -0.2) is 45.2 Å². The lowest BCUT2D eigenvalue weighted by molar-refractivity contribution is -0.131. The van der Waals surface area contributed by atoms with Crippen molar-refractivity contribution in [2.24, 2.45) is 0 Å². The van der Waals surface area contributed by atoms with E-state index in [0.717, 1.165) is 11.3 Å². The van der Waals surface area contributed by atoms with Gasteiger partial charge in [0.15, 0.2) is 0 Å². The number of nitrogens with zero attached hydrogens (tertiary/aromatic N) is 5. The van der Waals surface area contributed by atoms with Crippen molar-refractivity contribution in [1.82, 2.24) is 25.1 Å². The van der Waals surface area contributed by atoms with E-state index in [9.17, 15) is 9.18 Å². The molecule has 2 aromatic carbocycles. The normalized spacial score (nSPS) is 10.6. The largest absolute Gasteiger partial charge is 0.496 e. The number of carbonyl (C=O) groups is 1. The van der Waals surface area contributed by atoms with Crippen LogP contribution < -0.4 is 4.74 Å². The molecular formula is C18H18FN5O2. The van der Waals surface area contributed by atoms with Crippen molar-refractivity contribution in [3.8, 4) is 17.1 Å². The van der Waals surface area contributed by atoms with Crippen LogP contribution in [0.4, 0.5) is 4.39 Å². The molecule has 0 radical (unpaired) electrons. The zero-order valence-corrected chi connectivity index (χ0v) is 14.5. The number of likely N-dealkylation sites (N-methyl/N-ethyl adjacent to an activating group) is 1. The van der Waals surface area contributed by atoms with Crippen LogP contribution in [-0.2, 0) is 17.9 Å². The molecule has 0 atom stereocenters. The van der Waals surface area contributed by atoms with Crippen LogP contribution in [0.25, 0.3) is 11.4 Å². The number of halogens is 1. The molecule has 26 heavy (non-hydrogen) atoms. The zero-order chi connectivity index (χ0) is 18.5. The number of benzene rings is 2. The highest BCUT2D eigenvalue weighted by Crippen LogP contribution is 2.19. The van der Waals surface area contributed by atoms with E-state index in [4.69, 9.17) is 4.74 Å². The van der Waals surface area contributed by atoms with E-state index in [-0.39, 0.29) is 18.3 Å². The SMILES string of the molecule is COc1ccccc1CN(C)C(=O)Cn1nnc(-c2ccc(F)cc2)n1. The maximum atomic E-state index is 13.0. The van der Waals surface area contributed by atoms with Crippen molar-refractivity contribution >= 4 is 5.91 Å². The number of para-hydroxylation sites is 1. The molecule has 134 valence electrons. The summed E-state index contributed by atoms with van der Waals surface area (Å²) in [5, 5.41) is 12.0. The quantitative estimate of drug-likeness (QED) is 0.677. The van der Waals surface area contributed by atoms with E-state index in [0.29, 0.717) is 17.9 Å². The summed E-state index contributed by atoms with van der Waals surface area (Å²) >= 11 is 0. The predicted octanol–water partition coefficient (Wildman–Crippen LogP) is 2.15. The lowest BCUT2D eigenvalue weighted by atomic mass is 10.2. The average molecular weight is 355 g/mol. The molecule has 1 amide bonds. The van der Waals surface area contributed by atoms with E-state index in [1.54, 1.807) is 31.2 Å². The van der Waals surface area contributed by atoms with Crippen LogP contribution in [0.5, 0.6) is 5.75 Å². The molecule has 8 heteroatoms. The highest BCUT2D eigenvalue weighted by Gasteiger charge is 2.15. The first-order valence-electron chi connectivity index (χ1n) is 7.96. The molecule has 1 aromatic heterocycles. The molecule has 1 heterocycles. The average Bonchev–Trinajstić information content (AvgIpc) is 3.11. The number of tetrazole rings is 1. The predicted molar refractivity (Wildman–Crippen MR) is 92.7 cm³/mol. The summed E-state index contributed by atoms with van der Waals surface area (Å²) in [5.41, 5.74) is 1.54. The van der Waals surface area contributed by atoms with Gasteiger partial charge in [0, 0.05) is 24.7 Å². The number of carbonyl (C=O) groups excluding carboxylic acids is 1. The molecule has 0 aliphatic rings. The Bertz CT molecular complexity index is 895. The maximum Gasteiger partial charge on any atom is 0.246 e. The summed E-state index contributed by atoms with van der Waals surface area (Å²) in [6.07, 6.45) is 0. The maximum absolute atomic E-state index is 13.0. The number of amides is 1. The second-order valence-corrected chi connectivity index (χ2v) is 5.71. The third-order valence-corrected chi connectivity index (χ3v) is 3.86. The zero-order valence-electron chi connectivity index (χ0n) is 14.5. The van der Waals surface area contributed by atoms with E-state index in [1.165, 1.54) is 16.9 Å². The first-order chi connectivity index (χ1) is 12.6. The summed E-state index contributed by atoms with van der Waals surface area (Å²) in [4.78, 5) is 15.2. The molecule has 0 fully saturated rings. The monoisotopic (exact) mass is 355 g/mol. The van der Waals surface area contributed by atoms with Crippen LogP contribution in [0.15, 0.2) is 48.5 Å². The van der Waals surface area contributed by atoms with Crippen molar-refractivity contribution in [2.45, 2.75) is 13.1 Å². The van der Waals surface area contributed by atoms with Gasteiger partial charge in [0.1, 0.15) is 18.1 Å². The Balaban J connectivity index is 1.65. The van der Waals surface area contributed by atoms with Crippen molar-refractivity contribution in [2.75, 3.05) is 14.2 Å². The van der Waals surface area contributed by atoms with Gasteiger partial charge in [-0.1, -0.05) is 18.2 Å². The Morgan fingerprint density at radius 3 is 2.65 bits per heavy atom. The molecule has 0 bridgehead atoms. The Morgan fingerprint density at radius 2 is 1.92 bits per heavy atom. The van der Waals surface area contributed by atoms with Gasteiger partial charge in [-0.3, -0.25) is 4.79 Å². The van der Waals surface area contributed by atoms with Gasteiger partial charge in [-0.25, -0.2) is 4.39 Å².